The molecule has 4 amide bonds. The first-order chi connectivity index (χ1) is 12.5. The van der Waals surface area contributed by atoms with Gasteiger partial charge >= 0.3 is 0 Å². The minimum absolute atomic E-state index is 0.0869. The van der Waals surface area contributed by atoms with E-state index in [1.165, 1.54) is 0 Å². The van der Waals surface area contributed by atoms with E-state index in [1.54, 1.807) is 12.1 Å². The highest BCUT2D eigenvalue weighted by Crippen LogP contribution is 2.38. The Morgan fingerprint density at radius 1 is 1.04 bits per heavy atom. The Bertz CT molecular complexity index is 834. The number of carbonyl (C=O) groups excluding carboxylic acids is 4. The van der Waals surface area contributed by atoms with Gasteiger partial charge in [-0.25, -0.2) is 0 Å². The van der Waals surface area contributed by atoms with Crippen molar-refractivity contribution in [1.29, 1.82) is 0 Å². The lowest BCUT2D eigenvalue weighted by molar-refractivity contribution is -0.136. The van der Waals surface area contributed by atoms with Crippen molar-refractivity contribution >= 4 is 40.9 Å². The number of nitrogens with zero attached hydrogens (tertiary/aromatic N) is 2. The molecule has 4 rings (SSSR count). The molecule has 0 saturated carbocycles. The lowest BCUT2D eigenvalue weighted by atomic mass is 10.0. The van der Waals surface area contributed by atoms with Crippen LogP contribution in [0.1, 0.15) is 33.6 Å². The van der Waals surface area contributed by atoms with Crippen LogP contribution in [-0.4, -0.2) is 60.7 Å². The molecule has 26 heavy (non-hydrogen) atoms. The van der Waals surface area contributed by atoms with E-state index in [-0.39, 0.29) is 29.0 Å². The maximum absolute atomic E-state index is 12.9. The predicted molar refractivity (Wildman–Crippen MR) is 93.2 cm³/mol. The summed E-state index contributed by atoms with van der Waals surface area (Å²) in [6.45, 7) is 3.11. The van der Waals surface area contributed by atoms with Gasteiger partial charge in [0, 0.05) is 32.6 Å². The van der Waals surface area contributed by atoms with Crippen LogP contribution < -0.4 is 15.5 Å². The molecule has 2 N–H and O–H groups in total. The highest BCUT2D eigenvalue weighted by Gasteiger charge is 2.46. The topological polar surface area (TPSA) is 98.8 Å². The van der Waals surface area contributed by atoms with Gasteiger partial charge in [-0.1, -0.05) is 11.6 Å². The first-order valence-electron chi connectivity index (χ1n) is 8.49. The van der Waals surface area contributed by atoms with Crippen LogP contribution in [0.25, 0.3) is 0 Å². The van der Waals surface area contributed by atoms with Gasteiger partial charge in [-0.3, -0.25) is 29.4 Å². The van der Waals surface area contributed by atoms with Gasteiger partial charge < -0.3 is 10.2 Å². The van der Waals surface area contributed by atoms with Crippen LogP contribution in [0.3, 0.4) is 0 Å². The van der Waals surface area contributed by atoms with E-state index in [9.17, 15) is 19.2 Å². The molecule has 2 saturated heterocycles. The van der Waals surface area contributed by atoms with Gasteiger partial charge in [0.2, 0.25) is 11.8 Å². The van der Waals surface area contributed by atoms with E-state index in [2.05, 4.69) is 15.5 Å². The maximum Gasteiger partial charge on any atom is 0.263 e. The molecular formula is C17H17ClN4O4. The summed E-state index contributed by atoms with van der Waals surface area (Å²) in [7, 11) is 0. The van der Waals surface area contributed by atoms with Crippen molar-refractivity contribution < 1.29 is 19.2 Å². The number of benzene rings is 1. The summed E-state index contributed by atoms with van der Waals surface area (Å²) in [6.07, 6.45) is 0.210. The first-order valence-corrected chi connectivity index (χ1v) is 8.86. The van der Waals surface area contributed by atoms with Crippen LogP contribution >= 0.6 is 11.6 Å². The van der Waals surface area contributed by atoms with Crippen molar-refractivity contribution in [2.75, 3.05) is 31.1 Å². The molecule has 3 heterocycles. The third-order valence-electron chi connectivity index (χ3n) is 4.98. The normalized spacial score (nSPS) is 23.3. The van der Waals surface area contributed by atoms with Crippen molar-refractivity contribution in [1.82, 2.24) is 15.5 Å². The molecule has 0 aromatic heterocycles. The monoisotopic (exact) mass is 376 g/mol. The van der Waals surface area contributed by atoms with Crippen LogP contribution in [0.4, 0.5) is 5.69 Å². The molecular weight excluding hydrogens is 360 g/mol. The van der Waals surface area contributed by atoms with E-state index in [0.29, 0.717) is 5.69 Å². The van der Waals surface area contributed by atoms with Gasteiger partial charge in [-0.05, 0) is 18.6 Å². The smallest absolute Gasteiger partial charge is 0.263 e. The van der Waals surface area contributed by atoms with Crippen molar-refractivity contribution in [3.05, 3.63) is 28.3 Å². The van der Waals surface area contributed by atoms with Gasteiger partial charge in [0.05, 0.1) is 21.8 Å². The number of imide groups is 2. The van der Waals surface area contributed by atoms with Gasteiger partial charge in [-0.2, -0.15) is 0 Å². The molecule has 0 aliphatic carbocycles. The highest BCUT2D eigenvalue weighted by molar-refractivity contribution is 6.39. The summed E-state index contributed by atoms with van der Waals surface area (Å²) < 4.78 is 0. The van der Waals surface area contributed by atoms with Crippen molar-refractivity contribution in [2.45, 2.75) is 18.9 Å². The Morgan fingerprint density at radius 3 is 2.46 bits per heavy atom. The van der Waals surface area contributed by atoms with Crippen LogP contribution in [0, 0.1) is 0 Å². The second kappa shape index (κ2) is 6.37. The van der Waals surface area contributed by atoms with Crippen molar-refractivity contribution in [2.24, 2.45) is 0 Å². The molecule has 1 atom stereocenters. The third kappa shape index (κ3) is 2.57. The fourth-order valence-corrected chi connectivity index (χ4v) is 4.02. The van der Waals surface area contributed by atoms with Gasteiger partial charge in [0.15, 0.2) is 0 Å². The van der Waals surface area contributed by atoms with Crippen molar-refractivity contribution in [3.8, 4) is 0 Å². The molecule has 0 radical (unpaired) electrons. The number of halogens is 1. The van der Waals surface area contributed by atoms with E-state index in [1.807, 2.05) is 0 Å². The van der Waals surface area contributed by atoms with E-state index < -0.39 is 29.7 Å². The number of piperazine rings is 1. The second-order valence-electron chi connectivity index (χ2n) is 6.51. The molecule has 0 spiro atoms. The molecule has 8 nitrogen and oxygen atoms in total. The van der Waals surface area contributed by atoms with Crippen LogP contribution in [0.2, 0.25) is 5.02 Å². The van der Waals surface area contributed by atoms with Crippen molar-refractivity contribution in [3.63, 3.8) is 0 Å². The molecule has 1 aromatic rings. The summed E-state index contributed by atoms with van der Waals surface area (Å²) >= 11 is 6.50. The molecule has 136 valence electrons. The quantitative estimate of drug-likeness (QED) is 0.713. The average molecular weight is 377 g/mol. The molecule has 1 unspecified atom stereocenters. The number of carbonyl (C=O) groups is 4. The SMILES string of the molecule is O=C1CCC(N2C(=O)c3ccc(N4CCNCC4)c(Cl)c3C2=O)C(=O)N1. The van der Waals surface area contributed by atoms with E-state index in [0.717, 1.165) is 31.1 Å². The first kappa shape index (κ1) is 17.0. The summed E-state index contributed by atoms with van der Waals surface area (Å²) in [6, 6.07) is 2.34. The summed E-state index contributed by atoms with van der Waals surface area (Å²) in [5.74, 6) is -2.16. The molecule has 0 bridgehead atoms. The molecule has 2 fully saturated rings. The average Bonchev–Trinajstić information content (AvgIpc) is 2.88. The molecule has 9 heteroatoms. The fraction of sp³-hybridized carbons (Fsp3) is 0.412. The lowest BCUT2D eigenvalue weighted by Crippen LogP contribution is -2.54. The predicted octanol–water partition coefficient (Wildman–Crippen LogP) is 0.151. The molecule has 1 aromatic carbocycles. The minimum Gasteiger partial charge on any atom is -0.368 e. The van der Waals surface area contributed by atoms with Gasteiger partial charge in [-0.15, -0.1) is 0 Å². The summed E-state index contributed by atoms with van der Waals surface area (Å²) in [5.41, 5.74) is 1.04. The Kier molecular flexibility index (Phi) is 4.16. The van der Waals surface area contributed by atoms with Crippen LogP contribution in [-0.2, 0) is 9.59 Å². The Labute approximate surface area is 154 Å². The third-order valence-corrected chi connectivity index (χ3v) is 5.37. The number of piperidine rings is 1. The van der Waals surface area contributed by atoms with Gasteiger partial charge in [0.25, 0.3) is 11.8 Å². The number of amides is 4. The fourth-order valence-electron chi connectivity index (χ4n) is 3.66. The number of hydrogen-bond acceptors (Lipinski definition) is 6. The van der Waals surface area contributed by atoms with Gasteiger partial charge in [0.1, 0.15) is 6.04 Å². The zero-order valence-corrected chi connectivity index (χ0v) is 14.6. The Balaban J connectivity index is 1.69. The Morgan fingerprint density at radius 2 is 1.77 bits per heavy atom. The van der Waals surface area contributed by atoms with Crippen LogP contribution in [0.5, 0.6) is 0 Å². The van der Waals surface area contributed by atoms with E-state index >= 15 is 0 Å². The number of nitrogens with one attached hydrogen (secondary N) is 2. The summed E-state index contributed by atoms with van der Waals surface area (Å²) in [5, 5.41) is 5.66. The Hall–Kier alpha value is -2.45. The number of fused-ring (bicyclic) bond motifs is 1. The zero-order chi connectivity index (χ0) is 18.4. The largest absolute Gasteiger partial charge is 0.368 e. The highest BCUT2D eigenvalue weighted by atomic mass is 35.5. The zero-order valence-electron chi connectivity index (χ0n) is 13.9. The molecule has 3 aliphatic rings. The lowest BCUT2D eigenvalue weighted by Gasteiger charge is -2.30. The van der Waals surface area contributed by atoms with E-state index in [4.69, 9.17) is 11.6 Å². The number of hydrogen-bond donors (Lipinski definition) is 2. The second-order valence-corrected chi connectivity index (χ2v) is 6.88. The standard InChI is InChI=1S/C17H17ClN4O4/c18-14-10(21-7-5-19-6-8-21)2-1-9-13(14)17(26)22(16(9)25)11-3-4-12(23)20-15(11)24/h1-2,11,19H,3-8H2,(H,20,23,24). The maximum atomic E-state index is 12.9. The number of rotatable bonds is 2. The minimum atomic E-state index is -0.987. The number of anilines is 1. The summed E-state index contributed by atoms with van der Waals surface area (Å²) in [4.78, 5) is 52.1. The van der Waals surface area contributed by atoms with Crippen LogP contribution in [0.15, 0.2) is 12.1 Å². The molecule has 3 aliphatic heterocycles.